The molecule has 0 spiro atoms. The third-order valence-electron chi connectivity index (χ3n) is 7.28. The van der Waals surface area contributed by atoms with Gasteiger partial charge >= 0.3 is 0 Å². The van der Waals surface area contributed by atoms with Crippen LogP contribution in [0.3, 0.4) is 0 Å². The number of aliphatic hydroxyl groups is 1. The Balaban J connectivity index is 0.00000137. The number of aromatic nitrogens is 1. The van der Waals surface area contributed by atoms with E-state index in [0.29, 0.717) is 29.4 Å². The minimum absolute atomic E-state index is 0.362. The lowest BCUT2D eigenvalue weighted by molar-refractivity contribution is 0.300. The number of halogens is 2. The molecule has 0 aliphatic heterocycles. The Hall–Kier alpha value is -2.79. The molecule has 4 aromatic rings. The molecule has 0 amide bonds. The molecule has 2 aliphatic carbocycles. The Labute approximate surface area is 228 Å². The van der Waals surface area contributed by atoms with E-state index >= 15 is 0 Å². The summed E-state index contributed by atoms with van der Waals surface area (Å²) < 4.78 is 12.0. The summed E-state index contributed by atoms with van der Waals surface area (Å²) >= 11 is 13.3. The van der Waals surface area contributed by atoms with Gasteiger partial charge in [0.2, 0.25) is 0 Å². The van der Waals surface area contributed by atoms with Gasteiger partial charge in [-0.1, -0.05) is 76.4 Å². The monoisotopic (exact) mass is 535 g/mol. The van der Waals surface area contributed by atoms with E-state index < -0.39 is 0 Å². The summed E-state index contributed by atoms with van der Waals surface area (Å²) in [6, 6.07) is 20.8. The summed E-state index contributed by atoms with van der Waals surface area (Å²) in [6.07, 6.45) is 3.37. The van der Waals surface area contributed by atoms with Crippen LogP contribution in [-0.4, -0.2) is 17.4 Å². The quantitative estimate of drug-likeness (QED) is 0.257. The molecular weight excluding hydrogens is 505 g/mol. The molecule has 2 aliphatic rings. The molecule has 6 rings (SSSR count). The second kappa shape index (κ2) is 10.9. The topological polar surface area (TPSA) is 55.5 Å². The Morgan fingerprint density at radius 2 is 1.70 bits per heavy atom. The number of hydrogen-bond acceptors (Lipinski definition) is 4. The molecule has 2 saturated carbocycles. The minimum Gasteiger partial charge on any atom is -0.489 e. The van der Waals surface area contributed by atoms with Gasteiger partial charge in [-0.05, 0) is 79.8 Å². The first kappa shape index (κ1) is 25.8. The molecule has 0 radical (unpaired) electrons. The van der Waals surface area contributed by atoms with Crippen LogP contribution in [-0.2, 0) is 6.61 Å². The molecule has 2 unspecified atom stereocenters. The molecule has 0 bridgehead atoms. The molecule has 192 valence electrons. The number of nitrogens with zero attached hydrogens (tertiary/aromatic N) is 1. The fraction of sp³-hybridized carbons (Fsp3) is 0.323. The number of ether oxygens (including phenoxy) is 1. The van der Waals surface area contributed by atoms with Crippen LogP contribution in [0, 0.1) is 13.8 Å². The van der Waals surface area contributed by atoms with Crippen molar-refractivity contribution in [2.45, 2.75) is 57.5 Å². The van der Waals surface area contributed by atoms with Crippen molar-refractivity contribution in [1.29, 1.82) is 0 Å². The van der Waals surface area contributed by atoms with Crippen molar-refractivity contribution >= 4 is 23.2 Å². The zero-order chi connectivity index (χ0) is 26.1. The second-order valence-corrected chi connectivity index (χ2v) is 10.7. The maximum absolute atomic E-state index is 7.00. The van der Waals surface area contributed by atoms with Gasteiger partial charge in [0.15, 0.2) is 0 Å². The Kier molecular flexibility index (Phi) is 7.62. The lowest BCUT2D eigenvalue weighted by Gasteiger charge is -2.12. The fourth-order valence-electron chi connectivity index (χ4n) is 5.03. The van der Waals surface area contributed by atoms with Gasteiger partial charge in [0.05, 0.1) is 10.6 Å². The van der Waals surface area contributed by atoms with E-state index in [4.69, 9.17) is 37.6 Å². The van der Waals surface area contributed by atoms with E-state index in [1.54, 1.807) is 0 Å². The maximum atomic E-state index is 7.00. The van der Waals surface area contributed by atoms with Crippen LogP contribution in [0.2, 0.25) is 10.0 Å². The highest BCUT2D eigenvalue weighted by atomic mass is 35.5. The summed E-state index contributed by atoms with van der Waals surface area (Å²) in [5.74, 6) is 3.09. The molecule has 3 aromatic carbocycles. The predicted octanol–water partition coefficient (Wildman–Crippen LogP) is 8.60. The number of aryl methyl sites for hydroxylation is 2. The lowest BCUT2D eigenvalue weighted by Crippen LogP contribution is -2.00. The summed E-state index contributed by atoms with van der Waals surface area (Å²) in [5.41, 5.74) is 7.60. The van der Waals surface area contributed by atoms with Gasteiger partial charge < -0.3 is 14.4 Å². The van der Waals surface area contributed by atoms with Gasteiger partial charge in [-0.2, -0.15) is 0 Å². The average Bonchev–Trinajstić information content (AvgIpc) is 3.83. The third kappa shape index (κ3) is 5.43. The molecule has 37 heavy (non-hydrogen) atoms. The van der Waals surface area contributed by atoms with Gasteiger partial charge in [0.25, 0.3) is 0 Å². The van der Waals surface area contributed by atoms with E-state index in [9.17, 15) is 0 Å². The first-order valence-electron chi connectivity index (χ1n) is 12.7. The fourth-order valence-corrected chi connectivity index (χ4v) is 5.65. The number of aliphatic hydroxyl groups excluding tert-OH is 1. The second-order valence-electron chi connectivity index (χ2n) is 9.91. The van der Waals surface area contributed by atoms with Gasteiger partial charge in [0, 0.05) is 23.6 Å². The normalized spacial score (nSPS) is 18.2. The first-order chi connectivity index (χ1) is 18.0. The van der Waals surface area contributed by atoms with Crippen molar-refractivity contribution in [2.75, 3.05) is 7.11 Å². The highest BCUT2D eigenvalue weighted by Gasteiger charge is 2.40. The van der Waals surface area contributed by atoms with E-state index in [1.807, 2.05) is 37.3 Å². The summed E-state index contributed by atoms with van der Waals surface area (Å²) in [5, 5.41) is 12.9. The van der Waals surface area contributed by atoms with Crippen molar-refractivity contribution in [3.63, 3.8) is 0 Å². The van der Waals surface area contributed by atoms with Crippen molar-refractivity contribution in [1.82, 2.24) is 5.16 Å². The zero-order valence-electron chi connectivity index (χ0n) is 21.3. The Bertz CT molecular complexity index is 1370. The minimum atomic E-state index is 0.362. The van der Waals surface area contributed by atoms with Crippen molar-refractivity contribution in [2.24, 2.45) is 0 Å². The predicted molar refractivity (Wildman–Crippen MR) is 149 cm³/mol. The van der Waals surface area contributed by atoms with Crippen LogP contribution >= 0.6 is 23.2 Å². The van der Waals surface area contributed by atoms with Crippen LogP contribution in [0.1, 0.15) is 70.6 Å². The largest absolute Gasteiger partial charge is 0.489 e. The van der Waals surface area contributed by atoms with Crippen LogP contribution in [0.15, 0.2) is 65.2 Å². The Morgan fingerprint density at radius 1 is 0.946 bits per heavy atom. The smallest absolute Gasteiger partial charge is 0.147 e. The van der Waals surface area contributed by atoms with Gasteiger partial charge in [-0.25, -0.2) is 0 Å². The number of rotatable bonds is 7. The highest BCUT2D eigenvalue weighted by molar-refractivity contribution is 6.33. The van der Waals surface area contributed by atoms with Crippen molar-refractivity contribution in [3.8, 4) is 17.0 Å². The lowest BCUT2D eigenvalue weighted by atomic mass is 10.0. The zero-order valence-corrected chi connectivity index (χ0v) is 22.8. The molecule has 6 heteroatoms. The van der Waals surface area contributed by atoms with Crippen molar-refractivity contribution < 1.29 is 14.4 Å². The molecule has 1 heterocycles. The van der Waals surface area contributed by atoms with E-state index in [1.165, 1.54) is 16.7 Å². The molecule has 1 N–H and O–H groups in total. The number of benzene rings is 3. The van der Waals surface area contributed by atoms with E-state index in [-0.39, 0.29) is 0 Å². The third-order valence-corrected chi connectivity index (χ3v) is 7.92. The summed E-state index contributed by atoms with van der Waals surface area (Å²) in [7, 11) is 1.00. The van der Waals surface area contributed by atoms with Crippen LogP contribution in [0.4, 0.5) is 0 Å². The molecule has 0 saturated heterocycles. The molecule has 4 nitrogen and oxygen atoms in total. The first-order valence-corrected chi connectivity index (χ1v) is 13.4. The van der Waals surface area contributed by atoms with E-state index in [0.717, 1.165) is 65.3 Å². The standard InChI is InChI=1S/C30H27Cl2NO2.CH4O/c1-17-6-8-19(9-7-17)23-15-24(23)22-13-12-21(14-27(22)32)34-16-25-29(33-35-30(25)20-10-11-20)28-18(2)4-3-5-26(28)31;1-2/h3-9,12-14,20,23-24H,10-11,15-16H2,1-2H3;2H,1H3. The molecular formula is C31H31Cl2NO3. The number of hydrogen-bond donors (Lipinski definition) is 1. The van der Waals surface area contributed by atoms with Crippen LogP contribution in [0.25, 0.3) is 11.3 Å². The molecule has 2 fully saturated rings. The van der Waals surface area contributed by atoms with Gasteiger partial charge in [-0.3, -0.25) is 0 Å². The Morgan fingerprint density at radius 3 is 2.38 bits per heavy atom. The van der Waals surface area contributed by atoms with Crippen LogP contribution in [0.5, 0.6) is 5.75 Å². The summed E-state index contributed by atoms with van der Waals surface area (Å²) in [4.78, 5) is 0. The SMILES string of the molecule is CO.Cc1ccc(C2CC2c2ccc(OCc3c(-c4c(C)cccc4Cl)noc3C3CC3)cc2Cl)cc1. The molecule has 2 atom stereocenters. The van der Waals surface area contributed by atoms with Gasteiger partial charge in [0.1, 0.15) is 23.8 Å². The summed E-state index contributed by atoms with van der Waals surface area (Å²) in [6.45, 7) is 4.52. The average molecular weight is 536 g/mol. The van der Waals surface area contributed by atoms with E-state index in [2.05, 4.69) is 42.4 Å². The van der Waals surface area contributed by atoms with Crippen molar-refractivity contribution in [3.05, 3.63) is 104 Å². The molecule has 1 aromatic heterocycles. The highest BCUT2D eigenvalue weighted by Crippen LogP contribution is 2.56. The van der Waals surface area contributed by atoms with Gasteiger partial charge in [-0.15, -0.1) is 0 Å². The maximum Gasteiger partial charge on any atom is 0.147 e. The van der Waals surface area contributed by atoms with Crippen LogP contribution < -0.4 is 4.74 Å².